The molecular formula is C17H16N2O3S. The lowest BCUT2D eigenvalue weighted by Crippen LogP contribution is -2.26. The van der Waals surface area contributed by atoms with E-state index in [2.05, 4.69) is 22.1 Å². The van der Waals surface area contributed by atoms with E-state index in [9.17, 15) is 4.79 Å². The average Bonchev–Trinajstić information content (AvgIpc) is 3.18. The highest BCUT2D eigenvalue weighted by Gasteiger charge is 2.15. The van der Waals surface area contributed by atoms with Gasteiger partial charge >= 0.3 is 0 Å². The van der Waals surface area contributed by atoms with E-state index in [0.29, 0.717) is 17.1 Å². The number of fused-ring (bicyclic) bond motifs is 1. The second-order valence-electron chi connectivity index (χ2n) is 5.06. The third-order valence-corrected chi connectivity index (χ3v) is 4.37. The number of carbonyl (C=O) groups is 1. The lowest BCUT2D eigenvalue weighted by atomic mass is 10.2. The first-order valence-electron chi connectivity index (χ1n) is 7.30. The first kappa shape index (κ1) is 15.4. The lowest BCUT2D eigenvalue weighted by Gasteiger charge is -2.11. The molecule has 0 radical (unpaired) electrons. The van der Waals surface area contributed by atoms with E-state index < -0.39 is 0 Å². The Balaban J connectivity index is 1.67. The number of rotatable bonds is 3. The van der Waals surface area contributed by atoms with E-state index in [-0.39, 0.29) is 18.7 Å². The Morgan fingerprint density at radius 1 is 1.43 bits per heavy atom. The van der Waals surface area contributed by atoms with Gasteiger partial charge in [-0.25, -0.2) is 4.98 Å². The summed E-state index contributed by atoms with van der Waals surface area (Å²) < 4.78 is 10.5. The topological polar surface area (TPSA) is 60.5 Å². The van der Waals surface area contributed by atoms with Crippen LogP contribution in [0.5, 0.6) is 11.5 Å². The molecule has 1 aliphatic heterocycles. The van der Waals surface area contributed by atoms with E-state index in [0.717, 1.165) is 16.3 Å². The predicted octanol–water partition coefficient (Wildman–Crippen LogP) is 2.80. The number of hydrogen-bond donors (Lipinski definition) is 1. The number of aryl methyl sites for hydroxylation is 1. The predicted molar refractivity (Wildman–Crippen MR) is 87.5 cm³/mol. The maximum atomic E-state index is 12.0. The summed E-state index contributed by atoms with van der Waals surface area (Å²) in [5, 5.41) is 3.80. The van der Waals surface area contributed by atoms with Crippen LogP contribution in [-0.2, 0) is 4.79 Å². The van der Waals surface area contributed by atoms with Crippen molar-refractivity contribution >= 4 is 17.2 Å². The van der Waals surface area contributed by atoms with Gasteiger partial charge in [0.25, 0.3) is 5.91 Å². The number of hydrogen-bond acceptors (Lipinski definition) is 5. The molecular weight excluding hydrogens is 312 g/mol. The number of benzene rings is 1. The number of nitrogens with one attached hydrogen (secondary N) is 1. The van der Waals surface area contributed by atoms with Crippen LogP contribution in [0.4, 0.5) is 0 Å². The fourth-order valence-electron chi connectivity index (χ4n) is 2.17. The molecule has 5 nitrogen and oxygen atoms in total. The van der Waals surface area contributed by atoms with Crippen molar-refractivity contribution in [2.75, 3.05) is 6.79 Å². The summed E-state index contributed by atoms with van der Waals surface area (Å²) in [5.74, 6) is 6.49. The molecule has 0 unspecified atom stereocenters. The van der Waals surface area contributed by atoms with Crippen LogP contribution >= 0.6 is 11.3 Å². The highest BCUT2D eigenvalue weighted by atomic mass is 32.1. The molecule has 1 aromatic carbocycles. The molecule has 2 aromatic rings. The molecule has 118 valence electrons. The van der Waals surface area contributed by atoms with E-state index in [1.54, 1.807) is 29.5 Å². The Labute approximate surface area is 138 Å². The highest BCUT2D eigenvalue weighted by Crippen LogP contribution is 2.32. The van der Waals surface area contributed by atoms with Crippen LogP contribution < -0.4 is 14.8 Å². The molecule has 0 saturated carbocycles. The summed E-state index contributed by atoms with van der Waals surface area (Å²) >= 11 is 1.59. The quantitative estimate of drug-likeness (QED) is 0.880. The van der Waals surface area contributed by atoms with Gasteiger partial charge in [0.15, 0.2) is 11.5 Å². The molecule has 0 aliphatic carbocycles. The van der Waals surface area contributed by atoms with Gasteiger partial charge in [0.2, 0.25) is 6.79 Å². The van der Waals surface area contributed by atoms with Crippen molar-refractivity contribution in [2.24, 2.45) is 0 Å². The van der Waals surface area contributed by atoms with Crippen LogP contribution in [0.2, 0.25) is 0 Å². The summed E-state index contributed by atoms with van der Waals surface area (Å²) in [4.78, 5) is 17.5. The van der Waals surface area contributed by atoms with Gasteiger partial charge in [-0.3, -0.25) is 4.79 Å². The number of amides is 1. The SMILES string of the molecule is CC[C@@H](NC(=O)C#Cc1ccc2c(c1)OCO2)c1ncc(C)s1. The maximum absolute atomic E-state index is 12.0. The standard InChI is InChI=1S/C17H16N2O3S/c1-3-13(17-18-9-11(2)23-17)19-16(20)7-5-12-4-6-14-15(8-12)22-10-21-14/h4,6,8-9,13H,3,10H2,1-2H3,(H,19,20)/t13-/m1/s1. The van der Waals surface area contributed by atoms with Gasteiger partial charge in [-0.05, 0) is 31.5 Å². The second kappa shape index (κ2) is 6.71. The molecule has 3 rings (SSSR count). The summed E-state index contributed by atoms with van der Waals surface area (Å²) in [7, 11) is 0. The van der Waals surface area contributed by atoms with Crippen molar-refractivity contribution in [3.05, 3.63) is 39.8 Å². The number of thiazole rings is 1. The molecule has 1 aliphatic rings. The minimum absolute atomic E-state index is 0.104. The van der Waals surface area contributed by atoms with Crippen LogP contribution in [0.25, 0.3) is 0 Å². The van der Waals surface area contributed by atoms with Crippen molar-refractivity contribution < 1.29 is 14.3 Å². The third-order valence-electron chi connectivity index (χ3n) is 3.34. The number of ether oxygens (including phenoxy) is 2. The number of nitrogens with zero attached hydrogens (tertiary/aromatic N) is 1. The van der Waals surface area contributed by atoms with Gasteiger partial charge in [-0.15, -0.1) is 11.3 Å². The number of carbonyl (C=O) groups excluding carboxylic acids is 1. The van der Waals surface area contributed by atoms with Gasteiger partial charge in [0.05, 0.1) is 6.04 Å². The first-order chi connectivity index (χ1) is 11.2. The summed E-state index contributed by atoms with van der Waals surface area (Å²) in [6.07, 6.45) is 2.58. The monoisotopic (exact) mass is 328 g/mol. The van der Waals surface area contributed by atoms with Crippen molar-refractivity contribution in [1.82, 2.24) is 10.3 Å². The van der Waals surface area contributed by atoms with Crippen molar-refractivity contribution in [3.8, 4) is 23.3 Å². The fourth-order valence-corrected chi connectivity index (χ4v) is 3.08. The van der Waals surface area contributed by atoms with Crippen LogP contribution in [0.3, 0.4) is 0 Å². The van der Waals surface area contributed by atoms with E-state index in [1.165, 1.54) is 0 Å². The van der Waals surface area contributed by atoms with Gasteiger partial charge in [-0.2, -0.15) is 0 Å². The Bertz CT molecular complexity index is 789. The van der Waals surface area contributed by atoms with Crippen LogP contribution in [0.15, 0.2) is 24.4 Å². The van der Waals surface area contributed by atoms with Crippen molar-refractivity contribution in [2.45, 2.75) is 26.3 Å². The molecule has 2 heterocycles. The molecule has 1 amide bonds. The zero-order chi connectivity index (χ0) is 16.2. The molecule has 1 atom stereocenters. The molecule has 0 bridgehead atoms. The van der Waals surface area contributed by atoms with Gasteiger partial charge in [-0.1, -0.05) is 12.8 Å². The Hall–Kier alpha value is -2.52. The zero-order valence-electron chi connectivity index (χ0n) is 12.9. The van der Waals surface area contributed by atoms with E-state index in [4.69, 9.17) is 9.47 Å². The normalized spacial score (nSPS) is 13.1. The molecule has 0 fully saturated rings. The number of aromatic nitrogens is 1. The molecule has 23 heavy (non-hydrogen) atoms. The van der Waals surface area contributed by atoms with Gasteiger partial charge in [0, 0.05) is 22.6 Å². The van der Waals surface area contributed by atoms with Crippen LogP contribution in [0.1, 0.15) is 34.8 Å². The minimum Gasteiger partial charge on any atom is -0.454 e. The molecule has 1 aromatic heterocycles. The second-order valence-corrected chi connectivity index (χ2v) is 6.33. The summed E-state index contributed by atoms with van der Waals surface area (Å²) in [6, 6.07) is 5.25. The van der Waals surface area contributed by atoms with Crippen LogP contribution in [0, 0.1) is 18.8 Å². The molecule has 0 saturated heterocycles. The summed E-state index contributed by atoms with van der Waals surface area (Å²) in [5.41, 5.74) is 0.711. The van der Waals surface area contributed by atoms with Crippen LogP contribution in [-0.4, -0.2) is 17.7 Å². The zero-order valence-corrected chi connectivity index (χ0v) is 13.7. The maximum Gasteiger partial charge on any atom is 0.296 e. The average molecular weight is 328 g/mol. The lowest BCUT2D eigenvalue weighted by molar-refractivity contribution is -0.116. The van der Waals surface area contributed by atoms with Crippen molar-refractivity contribution in [3.63, 3.8) is 0 Å². The molecule has 6 heteroatoms. The largest absolute Gasteiger partial charge is 0.454 e. The van der Waals surface area contributed by atoms with Crippen molar-refractivity contribution in [1.29, 1.82) is 0 Å². The fraction of sp³-hybridized carbons (Fsp3) is 0.294. The van der Waals surface area contributed by atoms with E-state index >= 15 is 0 Å². The molecule has 1 N–H and O–H groups in total. The Kier molecular flexibility index (Phi) is 4.49. The minimum atomic E-state index is -0.317. The highest BCUT2D eigenvalue weighted by molar-refractivity contribution is 7.11. The Morgan fingerprint density at radius 3 is 3.00 bits per heavy atom. The van der Waals surface area contributed by atoms with Gasteiger partial charge < -0.3 is 14.8 Å². The van der Waals surface area contributed by atoms with E-state index in [1.807, 2.05) is 20.0 Å². The third kappa shape index (κ3) is 3.63. The Morgan fingerprint density at radius 2 is 2.26 bits per heavy atom. The molecule has 0 spiro atoms. The van der Waals surface area contributed by atoms with Gasteiger partial charge in [0.1, 0.15) is 5.01 Å². The smallest absolute Gasteiger partial charge is 0.296 e. The first-order valence-corrected chi connectivity index (χ1v) is 8.12. The summed E-state index contributed by atoms with van der Waals surface area (Å²) in [6.45, 7) is 4.22.